The molecule has 0 radical (unpaired) electrons. The van der Waals surface area contributed by atoms with Crippen LogP contribution in [0, 0.1) is 0 Å². The molecule has 0 saturated carbocycles. The van der Waals surface area contributed by atoms with Crippen LogP contribution < -0.4 is 0 Å². The summed E-state index contributed by atoms with van der Waals surface area (Å²) in [5.41, 5.74) is 0.687. The largest absolute Gasteiger partial charge is 0.294 e. The molecule has 70 valence electrons. The smallest absolute Gasteiger partial charge is 0.160 e. The number of carbonyl (C=O) groups is 1. The van der Waals surface area contributed by atoms with Crippen LogP contribution in [0.4, 0.5) is 0 Å². The zero-order chi connectivity index (χ0) is 10.1. The molecule has 2 aromatic rings. The summed E-state index contributed by atoms with van der Waals surface area (Å²) >= 11 is 5.77. The van der Waals surface area contributed by atoms with Crippen molar-refractivity contribution in [3.63, 3.8) is 0 Å². The number of Topliss-reactive ketones (excluding diaryl/α,β-unsaturated/α-hetero) is 1. The molecule has 0 amide bonds. The van der Waals surface area contributed by atoms with Crippen molar-refractivity contribution in [1.29, 1.82) is 0 Å². The van der Waals surface area contributed by atoms with Crippen molar-refractivity contribution in [3.8, 4) is 0 Å². The molecule has 0 aliphatic carbocycles. The Kier molecular flexibility index (Phi) is 2.22. The van der Waals surface area contributed by atoms with Crippen molar-refractivity contribution >= 4 is 28.2 Å². The van der Waals surface area contributed by atoms with Crippen LogP contribution >= 0.6 is 11.6 Å². The third kappa shape index (κ3) is 1.49. The highest BCUT2D eigenvalue weighted by molar-refractivity contribution is 6.30. The van der Waals surface area contributed by atoms with E-state index in [0.717, 1.165) is 10.8 Å². The molecular weight excluding hydrogens is 198 g/mol. The third-order valence-electron chi connectivity index (χ3n) is 2.11. The molecule has 0 spiro atoms. The van der Waals surface area contributed by atoms with Gasteiger partial charge in [0.2, 0.25) is 0 Å². The number of hydrogen-bond acceptors (Lipinski definition) is 2. The number of carbonyl (C=O) groups excluding carboxylic acids is 1. The minimum atomic E-state index is 0.0397. The summed E-state index contributed by atoms with van der Waals surface area (Å²) in [5, 5.41) is 2.20. The number of aromatic nitrogens is 1. The third-order valence-corrected chi connectivity index (χ3v) is 2.32. The average Bonchev–Trinajstić information content (AvgIpc) is 2.16. The molecule has 1 aromatic carbocycles. The standard InChI is InChI=1S/C11H8ClNO/c1-7(14)9-4-2-3-8-6-13-11(12)5-10(8)9/h2-6H,1H3. The van der Waals surface area contributed by atoms with Gasteiger partial charge in [0, 0.05) is 17.1 Å². The normalized spacial score (nSPS) is 10.4. The van der Waals surface area contributed by atoms with Gasteiger partial charge in [-0.1, -0.05) is 29.8 Å². The first-order valence-corrected chi connectivity index (χ1v) is 4.61. The Morgan fingerprint density at radius 3 is 2.93 bits per heavy atom. The van der Waals surface area contributed by atoms with E-state index >= 15 is 0 Å². The Labute approximate surface area is 86.5 Å². The van der Waals surface area contributed by atoms with E-state index in [2.05, 4.69) is 4.98 Å². The van der Waals surface area contributed by atoms with Crippen molar-refractivity contribution in [2.45, 2.75) is 6.92 Å². The number of pyridine rings is 1. The van der Waals surface area contributed by atoms with Gasteiger partial charge in [0.05, 0.1) is 0 Å². The van der Waals surface area contributed by atoms with Gasteiger partial charge in [0.15, 0.2) is 5.78 Å². The van der Waals surface area contributed by atoms with Crippen LogP contribution in [0.25, 0.3) is 10.8 Å². The summed E-state index contributed by atoms with van der Waals surface area (Å²) in [4.78, 5) is 15.3. The summed E-state index contributed by atoms with van der Waals surface area (Å²) in [6.07, 6.45) is 1.67. The minimum Gasteiger partial charge on any atom is -0.294 e. The van der Waals surface area contributed by atoms with Crippen LogP contribution in [0.1, 0.15) is 17.3 Å². The van der Waals surface area contributed by atoms with Crippen LogP contribution in [0.5, 0.6) is 0 Å². The lowest BCUT2D eigenvalue weighted by Crippen LogP contribution is -1.93. The molecule has 0 fully saturated rings. The maximum atomic E-state index is 11.3. The van der Waals surface area contributed by atoms with Crippen LogP contribution in [0.3, 0.4) is 0 Å². The molecule has 3 heteroatoms. The second-order valence-electron chi connectivity index (χ2n) is 3.09. The molecule has 2 rings (SSSR count). The lowest BCUT2D eigenvalue weighted by molar-refractivity contribution is 0.101. The zero-order valence-electron chi connectivity index (χ0n) is 7.62. The Morgan fingerprint density at radius 2 is 2.21 bits per heavy atom. The number of halogens is 1. The lowest BCUT2D eigenvalue weighted by Gasteiger charge is -2.02. The second kappa shape index (κ2) is 3.39. The molecule has 14 heavy (non-hydrogen) atoms. The molecule has 0 aliphatic rings. The highest BCUT2D eigenvalue weighted by Crippen LogP contribution is 2.21. The molecule has 2 nitrogen and oxygen atoms in total. The molecule has 0 N–H and O–H groups in total. The molecule has 0 saturated heterocycles. The van der Waals surface area contributed by atoms with Gasteiger partial charge < -0.3 is 0 Å². The van der Waals surface area contributed by atoms with E-state index in [-0.39, 0.29) is 5.78 Å². The van der Waals surface area contributed by atoms with E-state index in [1.165, 1.54) is 0 Å². The van der Waals surface area contributed by atoms with Gasteiger partial charge in [-0.05, 0) is 18.4 Å². The van der Waals surface area contributed by atoms with E-state index in [0.29, 0.717) is 10.7 Å². The molecular formula is C11H8ClNO. The Balaban J connectivity index is 2.84. The maximum Gasteiger partial charge on any atom is 0.160 e. The van der Waals surface area contributed by atoms with Crippen molar-refractivity contribution in [2.24, 2.45) is 0 Å². The van der Waals surface area contributed by atoms with Gasteiger partial charge in [-0.2, -0.15) is 0 Å². The van der Waals surface area contributed by atoms with Gasteiger partial charge in [-0.3, -0.25) is 4.79 Å². The summed E-state index contributed by atoms with van der Waals surface area (Å²) < 4.78 is 0. The summed E-state index contributed by atoms with van der Waals surface area (Å²) in [6.45, 7) is 1.54. The monoisotopic (exact) mass is 205 g/mol. The molecule has 0 unspecified atom stereocenters. The number of benzene rings is 1. The van der Waals surface area contributed by atoms with E-state index < -0.39 is 0 Å². The SMILES string of the molecule is CC(=O)c1cccc2cnc(Cl)cc12. The average molecular weight is 206 g/mol. The summed E-state index contributed by atoms with van der Waals surface area (Å²) in [6, 6.07) is 7.26. The van der Waals surface area contributed by atoms with Gasteiger partial charge >= 0.3 is 0 Å². The summed E-state index contributed by atoms with van der Waals surface area (Å²) in [7, 11) is 0. The molecule has 1 aromatic heterocycles. The number of nitrogens with zero attached hydrogens (tertiary/aromatic N) is 1. The topological polar surface area (TPSA) is 30.0 Å². The van der Waals surface area contributed by atoms with E-state index in [1.54, 1.807) is 25.3 Å². The van der Waals surface area contributed by atoms with Gasteiger partial charge in [-0.25, -0.2) is 4.98 Å². The number of hydrogen-bond donors (Lipinski definition) is 0. The molecule has 0 bridgehead atoms. The van der Waals surface area contributed by atoms with Gasteiger partial charge in [0.25, 0.3) is 0 Å². The first-order chi connectivity index (χ1) is 6.68. The Bertz CT molecular complexity index is 508. The highest BCUT2D eigenvalue weighted by atomic mass is 35.5. The van der Waals surface area contributed by atoms with Crippen molar-refractivity contribution < 1.29 is 4.79 Å². The first kappa shape index (κ1) is 9.16. The highest BCUT2D eigenvalue weighted by Gasteiger charge is 2.05. The first-order valence-electron chi connectivity index (χ1n) is 4.23. The van der Waals surface area contributed by atoms with Gasteiger partial charge in [0.1, 0.15) is 5.15 Å². The fourth-order valence-corrected chi connectivity index (χ4v) is 1.61. The zero-order valence-corrected chi connectivity index (χ0v) is 8.38. The van der Waals surface area contributed by atoms with Crippen molar-refractivity contribution in [2.75, 3.05) is 0 Å². The van der Waals surface area contributed by atoms with Crippen molar-refractivity contribution in [3.05, 3.63) is 41.2 Å². The predicted octanol–water partition coefficient (Wildman–Crippen LogP) is 3.09. The molecule has 0 aliphatic heterocycles. The van der Waals surface area contributed by atoms with E-state index in [4.69, 9.17) is 11.6 Å². The maximum absolute atomic E-state index is 11.3. The molecule has 1 heterocycles. The fourth-order valence-electron chi connectivity index (χ4n) is 1.45. The minimum absolute atomic E-state index is 0.0397. The lowest BCUT2D eigenvalue weighted by atomic mass is 10.0. The van der Waals surface area contributed by atoms with Crippen LogP contribution in [0.15, 0.2) is 30.5 Å². The quantitative estimate of drug-likeness (QED) is 0.529. The number of rotatable bonds is 1. The fraction of sp³-hybridized carbons (Fsp3) is 0.0909. The van der Waals surface area contributed by atoms with Crippen LogP contribution in [0.2, 0.25) is 5.15 Å². The Hall–Kier alpha value is -1.41. The molecule has 0 atom stereocenters. The van der Waals surface area contributed by atoms with E-state index in [1.807, 2.05) is 12.1 Å². The second-order valence-corrected chi connectivity index (χ2v) is 3.48. The van der Waals surface area contributed by atoms with Crippen molar-refractivity contribution in [1.82, 2.24) is 4.98 Å². The van der Waals surface area contributed by atoms with Gasteiger partial charge in [-0.15, -0.1) is 0 Å². The Morgan fingerprint density at radius 1 is 1.43 bits per heavy atom. The van der Waals surface area contributed by atoms with Crippen LogP contribution in [-0.2, 0) is 0 Å². The van der Waals surface area contributed by atoms with Crippen LogP contribution in [-0.4, -0.2) is 10.8 Å². The predicted molar refractivity (Wildman–Crippen MR) is 56.8 cm³/mol. The number of fused-ring (bicyclic) bond motifs is 1. The summed E-state index contributed by atoms with van der Waals surface area (Å²) in [5.74, 6) is 0.0397. The number of ketones is 1. The van der Waals surface area contributed by atoms with E-state index in [9.17, 15) is 4.79 Å².